The van der Waals surface area contributed by atoms with E-state index in [4.69, 9.17) is 15.5 Å². The number of imidazole rings is 1. The molecule has 1 saturated heterocycles. The SMILES string of the molecule is CSc1nc(Nc2ccc(N3CCOCC3)cc2)c(C(N)=O)nc1-c1cccc2c1ncn2C. The van der Waals surface area contributed by atoms with E-state index in [9.17, 15) is 4.79 Å². The topological polar surface area (TPSA) is 111 Å². The first kappa shape index (κ1) is 22.2. The number of para-hydroxylation sites is 1. The van der Waals surface area contributed by atoms with E-state index >= 15 is 0 Å². The maximum Gasteiger partial charge on any atom is 0.271 e. The van der Waals surface area contributed by atoms with Crippen LogP contribution in [0.2, 0.25) is 0 Å². The van der Waals surface area contributed by atoms with Crippen molar-refractivity contribution in [3.8, 4) is 11.3 Å². The molecular weight excluding hydrogens is 450 g/mol. The smallest absolute Gasteiger partial charge is 0.271 e. The minimum Gasteiger partial charge on any atom is -0.378 e. The van der Waals surface area contributed by atoms with Gasteiger partial charge in [0.05, 0.1) is 30.6 Å². The molecule has 1 aliphatic rings. The maximum absolute atomic E-state index is 12.4. The van der Waals surface area contributed by atoms with Gasteiger partial charge in [0.25, 0.3) is 5.91 Å². The number of rotatable bonds is 6. The van der Waals surface area contributed by atoms with Crippen LogP contribution in [0.15, 0.2) is 53.8 Å². The minimum atomic E-state index is -0.651. The summed E-state index contributed by atoms with van der Waals surface area (Å²) in [7, 11) is 1.94. The van der Waals surface area contributed by atoms with E-state index < -0.39 is 5.91 Å². The van der Waals surface area contributed by atoms with E-state index in [0.29, 0.717) is 16.5 Å². The Labute approximate surface area is 201 Å². The number of primary amides is 1. The van der Waals surface area contributed by atoms with Gasteiger partial charge in [-0.15, -0.1) is 11.8 Å². The van der Waals surface area contributed by atoms with E-state index in [1.54, 1.807) is 6.33 Å². The molecule has 4 aromatic rings. The summed E-state index contributed by atoms with van der Waals surface area (Å²) in [5.41, 5.74) is 10.9. The second-order valence-electron chi connectivity index (χ2n) is 7.94. The number of morpholine rings is 1. The number of benzene rings is 2. The van der Waals surface area contributed by atoms with Gasteiger partial charge >= 0.3 is 0 Å². The van der Waals surface area contributed by atoms with Gasteiger partial charge in [-0.2, -0.15) is 0 Å². The number of fused-ring (bicyclic) bond motifs is 1. The van der Waals surface area contributed by atoms with E-state index in [2.05, 4.69) is 20.2 Å². The monoisotopic (exact) mass is 475 g/mol. The molecule has 0 saturated carbocycles. The summed E-state index contributed by atoms with van der Waals surface area (Å²) in [5.74, 6) is -0.324. The molecule has 1 amide bonds. The average Bonchev–Trinajstić information content (AvgIpc) is 3.25. The van der Waals surface area contributed by atoms with Crippen LogP contribution >= 0.6 is 11.8 Å². The fourth-order valence-corrected chi connectivity index (χ4v) is 4.59. The quantitative estimate of drug-likeness (QED) is 0.408. The molecule has 0 atom stereocenters. The maximum atomic E-state index is 12.4. The number of nitrogens with one attached hydrogen (secondary N) is 1. The first-order valence-corrected chi connectivity index (χ1v) is 12.1. The molecule has 1 aliphatic heterocycles. The molecule has 2 aromatic carbocycles. The molecule has 0 aliphatic carbocycles. The normalized spacial score (nSPS) is 13.9. The Morgan fingerprint density at radius 2 is 1.88 bits per heavy atom. The van der Waals surface area contributed by atoms with Crippen molar-refractivity contribution in [1.29, 1.82) is 0 Å². The van der Waals surface area contributed by atoms with Gasteiger partial charge in [-0.1, -0.05) is 12.1 Å². The first-order chi connectivity index (χ1) is 16.5. The molecule has 10 heteroatoms. The van der Waals surface area contributed by atoms with Gasteiger partial charge < -0.3 is 25.3 Å². The summed E-state index contributed by atoms with van der Waals surface area (Å²) in [4.78, 5) is 28.6. The molecule has 34 heavy (non-hydrogen) atoms. The molecule has 3 heterocycles. The molecular formula is C24H25N7O2S. The highest BCUT2D eigenvalue weighted by molar-refractivity contribution is 7.98. The number of carbonyl (C=O) groups is 1. The van der Waals surface area contributed by atoms with Gasteiger partial charge in [-0.25, -0.2) is 15.0 Å². The van der Waals surface area contributed by atoms with Gasteiger partial charge in [0.1, 0.15) is 10.7 Å². The van der Waals surface area contributed by atoms with E-state index in [1.165, 1.54) is 11.8 Å². The summed E-state index contributed by atoms with van der Waals surface area (Å²) in [5, 5.41) is 3.90. The lowest BCUT2D eigenvalue weighted by Gasteiger charge is -2.29. The second kappa shape index (κ2) is 9.32. The standard InChI is InChI=1S/C24H25N7O2S/c1-30-14-26-19-17(4-3-5-18(19)30)20-24(34-2)29-23(21(28-20)22(25)32)27-15-6-8-16(9-7-15)31-10-12-33-13-11-31/h3-9,14H,10-13H2,1-2H3,(H2,25,32)(H,27,29). The number of hydrogen-bond donors (Lipinski definition) is 2. The third-order valence-corrected chi connectivity index (χ3v) is 6.48. The Morgan fingerprint density at radius 3 is 2.59 bits per heavy atom. The van der Waals surface area contributed by atoms with Crippen LogP contribution in [0.25, 0.3) is 22.3 Å². The Kier molecular flexibility index (Phi) is 6.08. The van der Waals surface area contributed by atoms with Crippen LogP contribution < -0.4 is 16.0 Å². The molecule has 5 rings (SSSR count). The van der Waals surface area contributed by atoms with Gasteiger partial charge in [-0.05, 0) is 36.6 Å². The Bertz CT molecular complexity index is 1350. The van der Waals surface area contributed by atoms with Gasteiger partial charge in [0, 0.05) is 37.1 Å². The number of nitrogens with two attached hydrogens (primary N) is 1. The van der Waals surface area contributed by atoms with Crippen LogP contribution in [0.3, 0.4) is 0 Å². The molecule has 1 fully saturated rings. The first-order valence-electron chi connectivity index (χ1n) is 10.9. The lowest BCUT2D eigenvalue weighted by atomic mass is 10.1. The van der Waals surface area contributed by atoms with Crippen molar-refractivity contribution in [2.75, 3.05) is 42.8 Å². The van der Waals surface area contributed by atoms with E-state index in [0.717, 1.165) is 54.3 Å². The lowest BCUT2D eigenvalue weighted by molar-refractivity contribution is 0.0996. The van der Waals surface area contributed by atoms with Crippen LogP contribution in [-0.2, 0) is 11.8 Å². The van der Waals surface area contributed by atoms with Crippen molar-refractivity contribution in [3.63, 3.8) is 0 Å². The third kappa shape index (κ3) is 4.17. The molecule has 0 bridgehead atoms. The van der Waals surface area contributed by atoms with Gasteiger partial charge in [0.2, 0.25) is 0 Å². The van der Waals surface area contributed by atoms with Crippen molar-refractivity contribution in [2.45, 2.75) is 5.03 Å². The molecule has 2 aromatic heterocycles. The van der Waals surface area contributed by atoms with Crippen molar-refractivity contribution in [2.24, 2.45) is 12.8 Å². The number of aromatic nitrogens is 4. The van der Waals surface area contributed by atoms with E-state index in [1.807, 2.05) is 60.3 Å². The van der Waals surface area contributed by atoms with Crippen LogP contribution in [0.5, 0.6) is 0 Å². The minimum absolute atomic E-state index is 0.0815. The number of ether oxygens (including phenoxy) is 1. The average molecular weight is 476 g/mol. The fraction of sp³-hybridized carbons (Fsp3) is 0.250. The Balaban J connectivity index is 1.51. The Hall–Kier alpha value is -3.63. The highest BCUT2D eigenvalue weighted by Crippen LogP contribution is 2.34. The highest BCUT2D eigenvalue weighted by Gasteiger charge is 2.21. The zero-order valence-electron chi connectivity index (χ0n) is 19.0. The predicted octanol–water partition coefficient (Wildman–Crippen LogP) is 3.43. The summed E-state index contributed by atoms with van der Waals surface area (Å²) in [6.07, 6.45) is 3.68. The number of nitrogens with zero attached hydrogens (tertiary/aromatic N) is 5. The third-order valence-electron chi connectivity index (χ3n) is 5.81. The number of thioether (sulfide) groups is 1. The van der Waals surface area contributed by atoms with Crippen LogP contribution in [0, 0.1) is 0 Å². The molecule has 0 radical (unpaired) electrons. The molecule has 174 valence electrons. The summed E-state index contributed by atoms with van der Waals surface area (Å²) in [6.45, 7) is 3.19. The number of carbonyl (C=O) groups excluding carboxylic acids is 1. The zero-order chi connectivity index (χ0) is 23.7. The number of amides is 1. The molecule has 9 nitrogen and oxygen atoms in total. The number of aryl methyl sites for hydroxylation is 1. The lowest BCUT2D eigenvalue weighted by Crippen LogP contribution is -2.36. The summed E-state index contributed by atoms with van der Waals surface area (Å²) < 4.78 is 7.37. The van der Waals surface area contributed by atoms with Crippen molar-refractivity contribution in [3.05, 3.63) is 54.5 Å². The summed E-state index contributed by atoms with van der Waals surface area (Å²) >= 11 is 1.45. The Morgan fingerprint density at radius 1 is 1.12 bits per heavy atom. The van der Waals surface area contributed by atoms with Gasteiger partial charge in [0.15, 0.2) is 11.5 Å². The second-order valence-corrected chi connectivity index (χ2v) is 8.74. The van der Waals surface area contributed by atoms with Crippen molar-refractivity contribution >= 4 is 45.9 Å². The van der Waals surface area contributed by atoms with Gasteiger partial charge in [-0.3, -0.25) is 4.79 Å². The predicted molar refractivity (Wildman–Crippen MR) is 135 cm³/mol. The molecule has 0 unspecified atom stereocenters. The summed E-state index contributed by atoms with van der Waals surface area (Å²) in [6, 6.07) is 13.9. The van der Waals surface area contributed by atoms with Crippen LogP contribution in [0.4, 0.5) is 17.2 Å². The fourth-order valence-electron chi connectivity index (χ4n) is 4.06. The number of hydrogen-bond acceptors (Lipinski definition) is 8. The molecule has 3 N–H and O–H groups in total. The van der Waals surface area contributed by atoms with E-state index in [-0.39, 0.29) is 5.69 Å². The van der Waals surface area contributed by atoms with Crippen LogP contribution in [0.1, 0.15) is 10.5 Å². The van der Waals surface area contributed by atoms with Crippen molar-refractivity contribution < 1.29 is 9.53 Å². The largest absolute Gasteiger partial charge is 0.378 e. The zero-order valence-corrected chi connectivity index (χ0v) is 19.8. The van der Waals surface area contributed by atoms with Crippen molar-refractivity contribution in [1.82, 2.24) is 19.5 Å². The molecule has 0 spiro atoms. The highest BCUT2D eigenvalue weighted by atomic mass is 32.2. The number of anilines is 3. The van der Waals surface area contributed by atoms with Crippen LogP contribution in [-0.4, -0.2) is 58.0 Å².